The Bertz CT molecular complexity index is 571. The summed E-state index contributed by atoms with van der Waals surface area (Å²) in [5.41, 5.74) is -0.689. The molecule has 1 aromatic rings. The number of amides is 2. The standard InChI is InChI=1S/C16H27N5O2/c1-12(2)14(22)21-10-7-16(8-11-21,15(23)19(3)4)18-13-6-9-17-20(13)5/h6,9,12,18H,7-8,10-11H2,1-5H3. The Balaban J connectivity index is 2.19. The van der Waals surface area contributed by atoms with E-state index in [0.29, 0.717) is 25.9 Å². The van der Waals surface area contributed by atoms with Gasteiger partial charge in [0, 0.05) is 46.2 Å². The fourth-order valence-electron chi connectivity index (χ4n) is 3.04. The second-order valence-corrected chi connectivity index (χ2v) is 6.73. The molecule has 2 heterocycles. The molecule has 0 unspecified atom stereocenters. The lowest BCUT2D eigenvalue weighted by atomic mass is 9.85. The van der Waals surface area contributed by atoms with Crippen LogP contribution in [0.2, 0.25) is 0 Å². The van der Waals surface area contributed by atoms with Crippen molar-refractivity contribution in [2.75, 3.05) is 32.5 Å². The zero-order valence-corrected chi connectivity index (χ0v) is 14.7. The Labute approximate surface area is 137 Å². The highest BCUT2D eigenvalue weighted by Gasteiger charge is 2.43. The van der Waals surface area contributed by atoms with E-state index in [1.54, 1.807) is 29.9 Å². The van der Waals surface area contributed by atoms with E-state index in [-0.39, 0.29) is 17.7 Å². The van der Waals surface area contributed by atoms with Crippen molar-refractivity contribution in [3.05, 3.63) is 12.3 Å². The molecular weight excluding hydrogens is 294 g/mol. The third-order valence-electron chi connectivity index (χ3n) is 4.43. The summed E-state index contributed by atoms with van der Waals surface area (Å²) >= 11 is 0. The third kappa shape index (κ3) is 3.48. The van der Waals surface area contributed by atoms with E-state index in [9.17, 15) is 9.59 Å². The zero-order valence-electron chi connectivity index (χ0n) is 14.7. The second kappa shape index (κ2) is 6.60. The number of hydrogen-bond acceptors (Lipinski definition) is 4. The normalized spacial score (nSPS) is 17.2. The highest BCUT2D eigenvalue weighted by Crippen LogP contribution is 2.29. The van der Waals surface area contributed by atoms with E-state index in [1.807, 2.05) is 31.9 Å². The first-order valence-corrected chi connectivity index (χ1v) is 8.03. The second-order valence-electron chi connectivity index (χ2n) is 6.73. The maximum Gasteiger partial charge on any atom is 0.247 e. The highest BCUT2D eigenvalue weighted by atomic mass is 16.2. The molecule has 23 heavy (non-hydrogen) atoms. The predicted octanol–water partition coefficient (Wildman–Crippen LogP) is 0.937. The quantitative estimate of drug-likeness (QED) is 0.896. The van der Waals surface area contributed by atoms with Gasteiger partial charge in [0.15, 0.2) is 0 Å². The van der Waals surface area contributed by atoms with Crippen molar-refractivity contribution in [2.24, 2.45) is 13.0 Å². The van der Waals surface area contributed by atoms with Gasteiger partial charge in [-0.3, -0.25) is 14.3 Å². The number of likely N-dealkylation sites (tertiary alicyclic amines) is 1. The number of piperidine rings is 1. The average Bonchev–Trinajstić information content (AvgIpc) is 2.91. The molecule has 1 saturated heterocycles. The van der Waals surface area contributed by atoms with Crippen LogP contribution in [-0.2, 0) is 16.6 Å². The largest absolute Gasteiger partial charge is 0.356 e. The molecule has 1 fully saturated rings. The minimum atomic E-state index is -0.689. The minimum Gasteiger partial charge on any atom is -0.356 e. The van der Waals surface area contributed by atoms with Crippen LogP contribution >= 0.6 is 0 Å². The molecule has 0 atom stereocenters. The molecule has 7 heteroatoms. The summed E-state index contributed by atoms with van der Waals surface area (Å²) in [6, 6.07) is 1.86. The van der Waals surface area contributed by atoms with E-state index in [2.05, 4.69) is 10.4 Å². The lowest BCUT2D eigenvalue weighted by molar-refractivity contribution is -0.141. The topological polar surface area (TPSA) is 70.5 Å². The van der Waals surface area contributed by atoms with Crippen molar-refractivity contribution >= 4 is 17.6 Å². The van der Waals surface area contributed by atoms with Crippen molar-refractivity contribution in [2.45, 2.75) is 32.2 Å². The van der Waals surface area contributed by atoms with Crippen LogP contribution in [0.15, 0.2) is 12.3 Å². The molecule has 0 spiro atoms. The average molecular weight is 321 g/mol. The van der Waals surface area contributed by atoms with Crippen molar-refractivity contribution < 1.29 is 9.59 Å². The van der Waals surface area contributed by atoms with Gasteiger partial charge in [0.2, 0.25) is 11.8 Å². The van der Waals surface area contributed by atoms with Crippen molar-refractivity contribution in [1.82, 2.24) is 19.6 Å². The number of aromatic nitrogens is 2. The minimum absolute atomic E-state index is 0.0166. The molecule has 2 rings (SSSR count). The van der Waals surface area contributed by atoms with Crippen LogP contribution in [0, 0.1) is 5.92 Å². The van der Waals surface area contributed by atoms with Gasteiger partial charge in [-0.05, 0) is 12.8 Å². The maximum atomic E-state index is 12.8. The zero-order chi connectivity index (χ0) is 17.2. The molecule has 2 amide bonds. The molecule has 1 aliphatic rings. The van der Waals surface area contributed by atoms with Crippen LogP contribution in [0.25, 0.3) is 0 Å². The van der Waals surface area contributed by atoms with E-state index in [1.165, 1.54) is 0 Å². The molecule has 1 aromatic heterocycles. The number of aryl methyl sites for hydroxylation is 1. The van der Waals surface area contributed by atoms with Gasteiger partial charge >= 0.3 is 0 Å². The number of rotatable bonds is 4. The van der Waals surface area contributed by atoms with Gasteiger partial charge in [-0.1, -0.05) is 13.8 Å². The van der Waals surface area contributed by atoms with Gasteiger partial charge in [-0.2, -0.15) is 5.10 Å². The summed E-state index contributed by atoms with van der Waals surface area (Å²) in [5, 5.41) is 7.53. The van der Waals surface area contributed by atoms with Gasteiger partial charge in [0.25, 0.3) is 0 Å². The van der Waals surface area contributed by atoms with E-state index in [0.717, 1.165) is 5.82 Å². The molecule has 0 aromatic carbocycles. The summed E-state index contributed by atoms with van der Waals surface area (Å²) in [6.45, 7) is 4.98. The third-order valence-corrected chi connectivity index (χ3v) is 4.43. The van der Waals surface area contributed by atoms with Gasteiger partial charge in [-0.15, -0.1) is 0 Å². The van der Waals surface area contributed by atoms with Crippen LogP contribution in [0.3, 0.4) is 0 Å². The molecule has 7 nitrogen and oxygen atoms in total. The van der Waals surface area contributed by atoms with Gasteiger partial charge in [-0.25, -0.2) is 0 Å². The predicted molar refractivity (Wildman–Crippen MR) is 88.9 cm³/mol. The molecule has 128 valence electrons. The lowest BCUT2D eigenvalue weighted by Gasteiger charge is -2.43. The fourth-order valence-corrected chi connectivity index (χ4v) is 3.04. The number of carbonyl (C=O) groups excluding carboxylic acids is 2. The van der Waals surface area contributed by atoms with Crippen LogP contribution in [0.5, 0.6) is 0 Å². The van der Waals surface area contributed by atoms with Crippen molar-refractivity contribution in [3.8, 4) is 0 Å². The van der Waals surface area contributed by atoms with Crippen molar-refractivity contribution in [1.29, 1.82) is 0 Å². The van der Waals surface area contributed by atoms with E-state index >= 15 is 0 Å². The van der Waals surface area contributed by atoms with Gasteiger partial charge < -0.3 is 15.1 Å². The van der Waals surface area contributed by atoms with Crippen LogP contribution in [0.4, 0.5) is 5.82 Å². The number of carbonyl (C=O) groups is 2. The fraction of sp³-hybridized carbons (Fsp3) is 0.688. The van der Waals surface area contributed by atoms with Gasteiger partial charge in [0.05, 0.1) is 6.20 Å². The number of nitrogens with zero attached hydrogens (tertiary/aromatic N) is 4. The monoisotopic (exact) mass is 321 g/mol. The Kier molecular flexibility index (Phi) is 4.97. The number of nitrogens with one attached hydrogen (secondary N) is 1. The van der Waals surface area contributed by atoms with Crippen LogP contribution in [-0.4, -0.2) is 64.1 Å². The Hall–Kier alpha value is -2.05. The molecular formula is C16H27N5O2. The summed E-state index contributed by atoms with van der Waals surface area (Å²) in [5.74, 6) is 0.979. The molecule has 0 radical (unpaired) electrons. The first-order chi connectivity index (χ1) is 10.8. The Morgan fingerprint density at radius 2 is 1.91 bits per heavy atom. The summed E-state index contributed by atoms with van der Waals surface area (Å²) in [6.07, 6.45) is 2.88. The van der Waals surface area contributed by atoms with Crippen LogP contribution < -0.4 is 5.32 Å². The first kappa shape index (κ1) is 17.3. The molecule has 0 bridgehead atoms. The summed E-state index contributed by atoms with van der Waals surface area (Å²) in [4.78, 5) is 28.5. The summed E-state index contributed by atoms with van der Waals surface area (Å²) < 4.78 is 1.72. The molecule has 0 aliphatic carbocycles. The van der Waals surface area contributed by atoms with Gasteiger partial charge in [0.1, 0.15) is 11.4 Å². The van der Waals surface area contributed by atoms with Crippen molar-refractivity contribution in [3.63, 3.8) is 0 Å². The lowest BCUT2D eigenvalue weighted by Crippen LogP contribution is -2.59. The molecule has 1 N–H and O–H groups in total. The Morgan fingerprint density at radius 3 is 2.35 bits per heavy atom. The Morgan fingerprint density at radius 1 is 1.30 bits per heavy atom. The first-order valence-electron chi connectivity index (χ1n) is 8.03. The molecule has 0 saturated carbocycles. The van der Waals surface area contributed by atoms with E-state index < -0.39 is 5.54 Å². The highest BCUT2D eigenvalue weighted by molar-refractivity contribution is 5.89. The molecule has 1 aliphatic heterocycles. The van der Waals surface area contributed by atoms with E-state index in [4.69, 9.17) is 0 Å². The number of hydrogen-bond donors (Lipinski definition) is 1. The number of likely N-dealkylation sites (N-methyl/N-ethyl adjacent to an activating group) is 1. The maximum absolute atomic E-state index is 12.8. The smallest absolute Gasteiger partial charge is 0.247 e. The summed E-state index contributed by atoms with van der Waals surface area (Å²) in [7, 11) is 5.37. The number of anilines is 1. The van der Waals surface area contributed by atoms with Crippen LogP contribution in [0.1, 0.15) is 26.7 Å². The SMILES string of the molecule is CC(C)C(=O)N1CCC(Nc2ccnn2C)(C(=O)N(C)C)CC1.